The number of imidazole rings is 1. The van der Waals surface area contributed by atoms with Gasteiger partial charge in [0.05, 0.1) is 18.1 Å². The van der Waals surface area contributed by atoms with Gasteiger partial charge in [0.25, 0.3) is 0 Å². The monoisotopic (exact) mass is 451 g/mol. The molecule has 32 heavy (non-hydrogen) atoms. The lowest BCUT2D eigenvalue weighted by molar-refractivity contribution is -0.119. The average molecular weight is 452 g/mol. The molecular weight excluding hydrogens is 418 g/mol. The second-order valence-corrected chi connectivity index (χ2v) is 10.7. The standard InChI is InChI=1S/C26H33N3O2S/c1-26(2,3)25-27-23-15-22(32-17-20-5-7-21(31-4)8-6-20)9-10-24(23)29(25)16-19-11-13-28(18-30)14-12-19/h5-10,15,18-19H,11-14,16-17H2,1-4H3. The number of nitrogens with zero attached hydrogens (tertiary/aromatic N) is 3. The Labute approximate surface area is 195 Å². The molecule has 0 N–H and O–H groups in total. The van der Waals surface area contributed by atoms with Crippen molar-refractivity contribution in [2.75, 3.05) is 20.2 Å². The molecule has 0 spiro atoms. The van der Waals surface area contributed by atoms with Crippen molar-refractivity contribution in [3.8, 4) is 5.75 Å². The Bertz CT molecular complexity index is 1060. The van der Waals surface area contributed by atoms with Gasteiger partial charge in [-0.05, 0) is 54.7 Å². The summed E-state index contributed by atoms with van der Waals surface area (Å²) in [5, 5.41) is 0. The van der Waals surface area contributed by atoms with Crippen molar-refractivity contribution in [3.63, 3.8) is 0 Å². The van der Waals surface area contributed by atoms with Crippen molar-refractivity contribution in [2.24, 2.45) is 5.92 Å². The first-order valence-electron chi connectivity index (χ1n) is 11.3. The topological polar surface area (TPSA) is 47.4 Å². The van der Waals surface area contributed by atoms with Gasteiger partial charge in [0.2, 0.25) is 6.41 Å². The summed E-state index contributed by atoms with van der Waals surface area (Å²) in [6.07, 6.45) is 3.09. The Morgan fingerprint density at radius 3 is 2.47 bits per heavy atom. The SMILES string of the molecule is COc1ccc(CSc2ccc3c(c2)nc(C(C)(C)C)n3CC2CCN(C=O)CC2)cc1. The summed E-state index contributed by atoms with van der Waals surface area (Å²) in [5.74, 6) is 3.52. The van der Waals surface area contributed by atoms with Gasteiger partial charge in [-0.1, -0.05) is 32.9 Å². The Hall–Kier alpha value is -2.47. The molecule has 0 bridgehead atoms. The zero-order chi connectivity index (χ0) is 22.7. The third kappa shape index (κ3) is 5.12. The number of benzene rings is 2. The van der Waals surface area contributed by atoms with E-state index in [1.54, 1.807) is 7.11 Å². The molecule has 1 aliphatic heterocycles. The highest BCUT2D eigenvalue weighted by Gasteiger charge is 2.26. The first-order chi connectivity index (χ1) is 15.4. The van der Waals surface area contributed by atoms with Gasteiger partial charge in [-0.3, -0.25) is 4.79 Å². The molecule has 1 fully saturated rings. The first kappa shape index (κ1) is 22.7. The lowest BCUT2D eigenvalue weighted by atomic mass is 9.93. The molecule has 1 amide bonds. The number of piperidine rings is 1. The van der Waals surface area contributed by atoms with Gasteiger partial charge in [0.15, 0.2) is 0 Å². The third-order valence-corrected chi connectivity index (χ3v) is 7.26. The van der Waals surface area contributed by atoms with Crippen LogP contribution in [0.15, 0.2) is 47.4 Å². The molecule has 2 aromatic carbocycles. The fourth-order valence-corrected chi connectivity index (χ4v) is 5.23. The molecule has 3 aromatic rings. The molecule has 4 rings (SSSR count). The van der Waals surface area contributed by atoms with Crippen LogP contribution in [0.4, 0.5) is 0 Å². The number of rotatable bonds is 7. The molecule has 5 nitrogen and oxygen atoms in total. The highest BCUT2D eigenvalue weighted by molar-refractivity contribution is 7.98. The first-order valence-corrected chi connectivity index (χ1v) is 12.3. The van der Waals surface area contributed by atoms with Crippen LogP contribution in [0.25, 0.3) is 11.0 Å². The van der Waals surface area contributed by atoms with E-state index >= 15 is 0 Å². The molecule has 0 aliphatic carbocycles. The van der Waals surface area contributed by atoms with Crippen LogP contribution < -0.4 is 4.74 Å². The lowest BCUT2D eigenvalue weighted by Crippen LogP contribution is -2.34. The van der Waals surface area contributed by atoms with Crippen LogP contribution in [0.3, 0.4) is 0 Å². The van der Waals surface area contributed by atoms with Gasteiger partial charge in [-0.25, -0.2) is 4.98 Å². The fourth-order valence-electron chi connectivity index (χ4n) is 4.34. The van der Waals surface area contributed by atoms with E-state index in [0.717, 1.165) is 61.7 Å². The zero-order valence-corrected chi connectivity index (χ0v) is 20.3. The second kappa shape index (κ2) is 9.57. The van der Waals surface area contributed by atoms with Crippen molar-refractivity contribution in [1.82, 2.24) is 14.5 Å². The quantitative estimate of drug-likeness (QED) is 0.351. The summed E-state index contributed by atoms with van der Waals surface area (Å²) in [6, 6.07) is 14.9. The highest BCUT2D eigenvalue weighted by atomic mass is 32.2. The Morgan fingerprint density at radius 1 is 1.12 bits per heavy atom. The van der Waals surface area contributed by atoms with Gasteiger partial charge in [-0.2, -0.15) is 0 Å². The maximum atomic E-state index is 11.1. The van der Waals surface area contributed by atoms with E-state index in [1.807, 2.05) is 28.8 Å². The number of fused-ring (bicyclic) bond motifs is 1. The van der Waals surface area contributed by atoms with Crippen LogP contribution in [0.1, 0.15) is 45.0 Å². The molecule has 2 heterocycles. The summed E-state index contributed by atoms with van der Waals surface area (Å²) in [7, 11) is 1.69. The number of amides is 1. The van der Waals surface area contributed by atoms with E-state index < -0.39 is 0 Å². The molecule has 1 aliphatic rings. The Balaban J connectivity index is 1.54. The number of hydrogen-bond donors (Lipinski definition) is 0. The van der Waals surface area contributed by atoms with E-state index in [-0.39, 0.29) is 5.41 Å². The third-order valence-electron chi connectivity index (χ3n) is 6.19. The molecule has 170 valence electrons. The van der Waals surface area contributed by atoms with E-state index in [1.165, 1.54) is 16.0 Å². The maximum Gasteiger partial charge on any atom is 0.209 e. The molecule has 0 radical (unpaired) electrons. The number of hydrogen-bond acceptors (Lipinski definition) is 4. The zero-order valence-electron chi connectivity index (χ0n) is 19.5. The van der Waals surface area contributed by atoms with Crippen LogP contribution in [0, 0.1) is 5.92 Å². The van der Waals surface area contributed by atoms with Crippen LogP contribution in [0.2, 0.25) is 0 Å². The molecule has 0 saturated carbocycles. The predicted octanol–water partition coefficient (Wildman–Crippen LogP) is 5.50. The Morgan fingerprint density at radius 2 is 1.84 bits per heavy atom. The van der Waals surface area contributed by atoms with Gasteiger partial charge in [-0.15, -0.1) is 11.8 Å². The molecule has 0 unspecified atom stereocenters. The predicted molar refractivity (Wildman–Crippen MR) is 131 cm³/mol. The summed E-state index contributed by atoms with van der Waals surface area (Å²) in [4.78, 5) is 19.3. The average Bonchev–Trinajstić information content (AvgIpc) is 3.16. The van der Waals surface area contributed by atoms with Gasteiger partial charge in [0.1, 0.15) is 11.6 Å². The minimum atomic E-state index is -0.0288. The van der Waals surface area contributed by atoms with E-state index in [4.69, 9.17) is 9.72 Å². The van der Waals surface area contributed by atoms with Crippen molar-refractivity contribution in [2.45, 2.75) is 56.2 Å². The number of carbonyl (C=O) groups is 1. The second-order valence-electron chi connectivity index (χ2n) is 9.67. The number of methoxy groups -OCH3 is 1. The molecule has 0 atom stereocenters. The van der Waals surface area contributed by atoms with Crippen molar-refractivity contribution in [3.05, 3.63) is 53.9 Å². The summed E-state index contributed by atoms with van der Waals surface area (Å²) in [6.45, 7) is 9.39. The molecular formula is C26H33N3O2S. The smallest absolute Gasteiger partial charge is 0.209 e. The number of aromatic nitrogens is 2. The van der Waals surface area contributed by atoms with Gasteiger partial charge >= 0.3 is 0 Å². The van der Waals surface area contributed by atoms with E-state index in [2.05, 4.69) is 55.7 Å². The number of carbonyl (C=O) groups excluding carboxylic acids is 1. The summed E-state index contributed by atoms with van der Waals surface area (Å²) in [5.41, 5.74) is 3.53. The van der Waals surface area contributed by atoms with Crippen molar-refractivity contribution < 1.29 is 9.53 Å². The normalized spacial score (nSPS) is 15.3. The fraction of sp³-hybridized carbons (Fsp3) is 0.462. The summed E-state index contributed by atoms with van der Waals surface area (Å²) >= 11 is 1.83. The van der Waals surface area contributed by atoms with Crippen molar-refractivity contribution in [1.29, 1.82) is 0 Å². The highest BCUT2D eigenvalue weighted by Crippen LogP contribution is 2.32. The van der Waals surface area contributed by atoms with Crippen LogP contribution >= 0.6 is 11.8 Å². The number of likely N-dealkylation sites (tertiary alicyclic amines) is 1. The van der Waals surface area contributed by atoms with E-state index in [9.17, 15) is 4.79 Å². The molecule has 1 aromatic heterocycles. The van der Waals surface area contributed by atoms with E-state index in [0.29, 0.717) is 5.92 Å². The van der Waals surface area contributed by atoms with Gasteiger partial charge in [0, 0.05) is 35.7 Å². The van der Waals surface area contributed by atoms with Crippen LogP contribution in [-0.4, -0.2) is 41.1 Å². The van der Waals surface area contributed by atoms with Crippen molar-refractivity contribution >= 4 is 29.2 Å². The Kier molecular flexibility index (Phi) is 6.79. The molecule has 6 heteroatoms. The summed E-state index contributed by atoms with van der Waals surface area (Å²) < 4.78 is 7.68. The lowest BCUT2D eigenvalue weighted by Gasteiger charge is -2.31. The minimum absolute atomic E-state index is 0.0288. The van der Waals surface area contributed by atoms with Gasteiger partial charge < -0.3 is 14.2 Å². The molecule has 1 saturated heterocycles. The number of thioether (sulfide) groups is 1. The van der Waals surface area contributed by atoms with Crippen LogP contribution in [0.5, 0.6) is 5.75 Å². The number of ether oxygens (including phenoxy) is 1. The minimum Gasteiger partial charge on any atom is -0.497 e. The maximum absolute atomic E-state index is 11.1. The largest absolute Gasteiger partial charge is 0.497 e. The van der Waals surface area contributed by atoms with Crippen LogP contribution in [-0.2, 0) is 22.5 Å².